The predicted molar refractivity (Wildman–Crippen MR) is 76.4 cm³/mol. The number of rotatable bonds is 3. The fraction of sp³-hybridized carbons (Fsp3) is 0.667. The van der Waals surface area contributed by atoms with Crippen LogP contribution in [0, 0.1) is 0 Å². The molecule has 19 heavy (non-hydrogen) atoms. The van der Waals surface area contributed by atoms with E-state index in [1.54, 1.807) is 6.92 Å². The van der Waals surface area contributed by atoms with Crippen LogP contribution >= 0.6 is 35.1 Å². The Morgan fingerprint density at radius 3 is 2.37 bits per heavy atom. The molecule has 0 nitrogen and oxygen atoms in total. The first-order chi connectivity index (χ1) is 8.64. The van der Waals surface area contributed by atoms with Crippen molar-refractivity contribution in [1.29, 1.82) is 0 Å². The second-order valence-corrected chi connectivity index (χ2v) is 7.81. The van der Waals surface area contributed by atoms with Gasteiger partial charge in [0.2, 0.25) is 0 Å². The van der Waals surface area contributed by atoms with E-state index >= 15 is 0 Å². The van der Waals surface area contributed by atoms with E-state index in [9.17, 15) is 17.6 Å². The second kappa shape index (κ2) is 6.31. The molecule has 0 radical (unpaired) electrons. The van der Waals surface area contributed by atoms with Crippen LogP contribution < -0.4 is 0 Å². The first-order valence-corrected chi connectivity index (χ1v) is 8.05. The SMILES string of the molecule is CCSC1(/C(F)=C(/Cl)C(F)(F)F)CC(C)=C(C)CS1. The van der Waals surface area contributed by atoms with E-state index in [1.807, 2.05) is 13.8 Å². The number of alkyl halides is 3. The van der Waals surface area contributed by atoms with E-state index in [4.69, 9.17) is 11.6 Å². The lowest BCUT2D eigenvalue weighted by atomic mass is 10.0. The molecule has 1 aliphatic heterocycles. The van der Waals surface area contributed by atoms with Crippen molar-refractivity contribution in [2.45, 2.75) is 37.4 Å². The lowest BCUT2D eigenvalue weighted by molar-refractivity contribution is -0.0864. The van der Waals surface area contributed by atoms with Crippen molar-refractivity contribution in [1.82, 2.24) is 0 Å². The minimum atomic E-state index is -4.84. The highest BCUT2D eigenvalue weighted by Gasteiger charge is 2.46. The molecular formula is C12H15ClF4S2. The molecular weight excluding hydrogens is 320 g/mol. The molecule has 1 unspecified atom stereocenters. The molecule has 0 fully saturated rings. The summed E-state index contributed by atoms with van der Waals surface area (Å²) < 4.78 is 50.8. The first-order valence-electron chi connectivity index (χ1n) is 5.70. The summed E-state index contributed by atoms with van der Waals surface area (Å²) >= 11 is 7.54. The molecule has 1 aliphatic rings. The summed E-state index contributed by atoms with van der Waals surface area (Å²) in [5.41, 5.74) is 2.02. The van der Waals surface area contributed by atoms with E-state index in [1.165, 1.54) is 23.5 Å². The zero-order valence-electron chi connectivity index (χ0n) is 10.8. The van der Waals surface area contributed by atoms with Crippen molar-refractivity contribution in [3.05, 3.63) is 22.0 Å². The van der Waals surface area contributed by atoms with Gasteiger partial charge < -0.3 is 0 Å². The number of hydrogen-bond acceptors (Lipinski definition) is 2. The third-order valence-electron chi connectivity index (χ3n) is 2.90. The van der Waals surface area contributed by atoms with Gasteiger partial charge in [-0.05, 0) is 26.0 Å². The monoisotopic (exact) mass is 334 g/mol. The maximum absolute atomic E-state index is 14.3. The molecule has 0 amide bonds. The lowest BCUT2D eigenvalue weighted by Gasteiger charge is -2.36. The smallest absolute Gasteiger partial charge is 0.208 e. The Balaban J connectivity index is 3.23. The van der Waals surface area contributed by atoms with Gasteiger partial charge in [0.25, 0.3) is 0 Å². The van der Waals surface area contributed by atoms with Gasteiger partial charge in [-0.15, -0.1) is 23.5 Å². The maximum atomic E-state index is 14.3. The average molecular weight is 335 g/mol. The van der Waals surface area contributed by atoms with Gasteiger partial charge in [-0.2, -0.15) is 13.2 Å². The van der Waals surface area contributed by atoms with E-state index in [0.29, 0.717) is 11.5 Å². The van der Waals surface area contributed by atoms with Gasteiger partial charge in [-0.25, -0.2) is 4.39 Å². The molecule has 0 bridgehead atoms. The second-order valence-electron chi connectivity index (χ2n) is 4.34. The third-order valence-corrected chi connectivity index (χ3v) is 6.43. The summed E-state index contributed by atoms with van der Waals surface area (Å²) in [6.07, 6.45) is -4.59. The molecule has 1 heterocycles. The number of halogens is 5. The van der Waals surface area contributed by atoms with Crippen LogP contribution in [0.1, 0.15) is 27.2 Å². The van der Waals surface area contributed by atoms with Crippen LogP contribution in [-0.4, -0.2) is 21.8 Å². The van der Waals surface area contributed by atoms with Crippen molar-refractivity contribution in [2.75, 3.05) is 11.5 Å². The van der Waals surface area contributed by atoms with Gasteiger partial charge in [0, 0.05) is 5.75 Å². The summed E-state index contributed by atoms with van der Waals surface area (Å²) in [7, 11) is 0. The highest BCUT2D eigenvalue weighted by molar-refractivity contribution is 8.18. The highest BCUT2D eigenvalue weighted by Crippen LogP contribution is 2.54. The highest BCUT2D eigenvalue weighted by atomic mass is 35.5. The van der Waals surface area contributed by atoms with E-state index in [-0.39, 0.29) is 6.42 Å². The molecule has 0 spiro atoms. The van der Waals surface area contributed by atoms with Gasteiger partial charge in [0.05, 0.1) is 0 Å². The maximum Gasteiger partial charge on any atom is 0.429 e. The van der Waals surface area contributed by atoms with Gasteiger partial charge >= 0.3 is 6.18 Å². The number of hydrogen-bond donors (Lipinski definition) is 0. The molecule has 0 aliphatic carbocycles. The Morgan fingerprint density at radius 1 is 1.37 bits per heavy atom. The summed E-state index contributed by atoms with van der Waals surface area (Å²) in [5, 5.41) is -1.63. The molecule has 0 aromatic heterocycles. The van der Waals surface area contributed by atoms with Crippen molar-refractivity contribution >= 4 is 35.1 Å². The Kier molecular flexibility index (Phi) is 5.72. The average Bonchev–Trinajstić information content (AvgIpc) is 2.31. The Labute approximate surface area is 124 Å². The number of thioether (sulfide) groups is 2. The van der Waals surface area contributed by atoms with Gasteiger partial charge in [-0.3, -0.25) is 0 Å². The van der Waals surface area contributed by atoms with Crippen LogP contribution in [0.25, 0.3) is 0 Å². The van der Waals surface area contributed by atoms with Crippen molar-refractivity contribution in [3.8, 4) is 0 Å². The fourth-order valence-electron chi connectivity index (χ4n) is 1.72. The van der Waals surface area contributed by atoms with Crippen LogP contribution in [0.2, 0.25) is 0 Å². The molecule has 0 aromatic carbocycles. The number of allylic oxidation sites excluding steroid dienone is 2. The summed E-state index contributed by atoms with van der Waals surface area (Å²) in [6, 6.07) is 0. The van der Waals surface area contributed by atoms with Gasteiger partial charge in [0.1, 0.15) is 9.91 Å². The van der Waals surface area contributed by atoms with Crippen LogP contribution in [0.15, 0.2) is 22.0 Å². The Morgan fingerprint density at radius 2 is 1.95 bits per heavy atom. The normalized spacial score (nSPS) is 26.5. The zero-order valence-corrected chi connectivity index (χ0v) is 13.2. The van der Waals surface area contributed by atoms with Gasteiger partial charge in [0.15, 0.2) is 5.03 Å². The summed E-state index contributed by atoms with van der Waals surface area (Å²) in [5.74, 6) is -0.214. The first kappa shape index (κ1) is 17.2. The van der Waals surface area contributed by atoms with E-state index in [2.05, 4.69) is 0 Å². The minimum absolute atomic E-state index is 0.250. The topological polar surface area (TPSA) is 0 Å². The third kappa shape index (κ3) is 3.85. The molecule has 1 atom stereocenters. The largest absolute Gasteiger partial charge is 0.429 e. The molecule has 7 heteroatoms. The van der Waals surface area contributed by atoms with Crippen molar-refractivity contribution < 1.29 is 17.6 Å². The molecule has 0 saturated heterocycles. The van der Waals surface area contributed by atoms with Crippen molar-refractivity contribution in [2.24, 2.45) is 0 Å². The fourth-order valence-corrected chi connectivity index (χ4v) is 5.11. The molecule has 1 rings (SSSR count). The molecule has 110 valence electrons. The molecule has 0 saturated carbocycles. The van der Waals surface area contributed by atoms with Crippen LogP contribution in [0.5, 0.6) is 0 Å². The predicted octanol–water partition coefficient (Wildman–Crippen LogP) is 5.89. The molecule has 0 aromatic rings. The Hall–Kier alpha value is 0.190. The van der Waals surface area contributed by atoms with Crippen molar-refractivity contribution in [3.63, 3.8) is 0 Å². The van der Waals surface area contributed by atoms with E-state index < -0.39 is 21.1 Å². The summed E-state index contributed by atoms with van der Waals surface area (Å²) in [4.78, 5) is 0. The van der Waals surface area contributed by atoms with Crippen LogP contribution in [0.4, 0.5) is 17.6 Å². The standard InChI is InChI=1S/C12H15ClF4S2/c1-4-18-11(5-7(2)8(3)6-19-11)10(14)9(13)12(15,16)17/h4-6H2,1-3H3/b10-9-. The minimum Gasteiger partial charge on any atom is -0.208 e. The molecule has 0 N–H and O–H groups in total. The van der Waals surface area contributed by atoms with Gasteiger partial charge in [-0.1, -0.05) is 29.7 Å². The quantitative estimate of drug-likeness (QED) is 0.466. The zero-order chi connectivity index (χ0) is 14.8. The van der Waals surface area contributed by atoms with Crippen LogP contribution in [0.3, 0.4) is 0 Å². The van der Waals surface area contributed by atoms with E-state index in [0.717, 1.165) is 11.1 Å². The van der Waals surface area contributed by atoms with Crippen LogP contribution in [-0.2, 0) is 0 Å². The Bertz CT molecular complexity index is 414. The lowest BCUT2D eigenvalue weighted by Crippen LogP contribution is -2.29. The summed E-state index contributed by atoms with van der Waals surface area (Å²) in [6.45, 7) is 5.53.